The third-order valence-electron chi connectivity index (χ3n) is 3.91. The molecular weight excluding hydrogens is 284 g/mol. The minimum absolute atomic E-state index is 0.164. The van der Waals surface area contributed by atoms with Gasteiger partial charge >= 0.3 is 12.1 Å². The van der Waals surface area contributed by atoms with Crippen molar-refractivity contribution in [2.45, 2.75) is 44.4 Å². The number of aliphatic carboxylic acids is 1. The Morgan fingerprint density at radius 1 is 1.32 bits per heavy atom. The number of carboxylic acid groups (broad SMARTS) is 1. The minimum Gasteiger partial charge on any atom is -0.480 e. The maximum atomic E-state index is 12.2. The first-order chi connectivity index (χ1) is 10.6. The molecule has 2 atom stereocenters. The predicted octanol–water partition coefficient (Wildman–Crippen LogP) is 1.98. The molecule has 6 heteroatoms. The summed E-state index contributed by atoms with van der Waals surface area (Å²) in [6, 6.07) is 8.34. The Kier molecular flexibility index (Phi) is 5.77. The first-order valence-electron chi connectivity index (χ1n) is 7.53. The van der Waals surface area contributed by atoms with Crippen molar-refractivity contribution >= 4 is 12.1 Å². The number of nitrogens with zero attached hydrogens (tertiary/aromatic N) is 1. The van der Waals surface area contributed by atoms with Gasteiger partial charge in [0.25, 0.3) is 0 Å². The third kappa shape index (κ3) is 4.46. The van der Waals surface area contributed by atoms with Crippen LogP contribution in [0.2, 0.25) is 0 Å². The van der Waals surface area contributed by atoms with Gasteiger partial charge in [0.15, 0.2) is 0 Å². The standard InChI is InChI=1S/C16H22N2O4/c17-14(15(19)20)10-13-8-4-5-9-18(13)16(21)22-11-12-6-2-1-3-7-12/h1-3,6-7,13-14H,4-5,8-11,17H2,(H,19,20). The molecule has 2 rings (SSSR count). The zero-order valence-corrected chi connectivity index (χ0v) is 12.5. The highest BCUT2D eigenvalue weighted by Crippen LogP contribution is 2.22. The molecule has 1 aromatic carbocycles. The summed E-state index contributed by atoms with van der Waals surface area (Å²) in [4.78, 5) is 24.8. The molecule has 0 bridgehead atoms. The Labute approximate surface area is 129 Å². The van der Waals surface area contributed by atoms with Crippen LogP contribution in [0.1, 0.15) is 31.2 Å². The molecule has 1 fully saturated rings. The van der Waals surface area contributed by atoms with Gasteiger partial charge in [-0.05, 0) is 31.2 Å². The fraction of sp³-hybridized carbons (Fsp3) is 0.500. The van der Waals surface area contributed by atoms with E-state index in [2.05, 4.69) is 0 Å². The number of rotatable bonds is 5. The Hall–Kier alpha value is -2.08. The number of nitrogens with two attached hydrogens (primary N) is 1. The average Bonchev–Trinajstić information content (AvgIpc) is 2.54. The summed E-state index contributed by atoms with van der Waals surface area (Å²) in [6.07, 6.45) is 2.50. The molecule has 6 nitrogen and oxygen atoms in total. The number of ether oxygens (including phenoxy) is 1. The lowest BCUT2D eigenvalue weighted by Gasteiger charge is -2.35. The lowest BCUT2D eigenvalue weighted by atomic mass is 9.96. The molecule has 0 spiro atoms. The van der Waals surface area contributed by atoms with Crippen LogP contribution in [0.4, 0.5) is 4.79 Å². The van der Waals surface area contributed by atoms with Gasteiger partial charge in [-0.1, -0.05) is 30.3 Å². The fourth-order valence-corrected chi connectivity index (χ4v) is 2.68. The molecule has 1 aliphatic heterocycles. The van der Waals surface area contributed by atoms with E-state index >= 15 is 0 Å². The number of amides is 1. The van der Waals surface area contributed by atoms with Gasteiger partial charge in [0.1, 0.15) is 12.6 Å². The quantitative estimate of drug-likeness (QED) is 0.867. The van der Waals surface area contributed by atoms with Crippen LogP contribution in [0.5, 0.6) is 0 Å². The summed E-state index contributed by atoms with van der Waals surface area (Å²) in [5.41, 5.74) is 6.52. The minimum atomic E-state index is -1.04. The van der Waals surface area contributed by atoms with Crippen molar-refractivity contribution in [3.63, 3.8) is 0 Å². The van der Waals surface area contributed by atoms with E-state index in [-0.39, 0.29) is 19.1 Å². The zero-order chi connectivity index (χ0) is 15.9. The van der Waals surface area contributed by atoms with Crippen LogP contribution < -0.4 is 5.73 Å². The molecule has 1 aliphatic rings. The van der Waals surface area contributed by atoms with Crippen molar-refractivity contribution in [1.82, 2.24) is 4.90 Å². The Bertz CT molecular complexity index is 506. The first-order valence-corrected chi connectivity index (χ1v) is 7.53. The van der Waals surface area contributed by atoms with E-state index in [0.29, 0.717) is 6.54 Å². The van der Waals surface area contributed by atoms with Crippen molar-refractivity contribution in [2.75, 3.05) is 6.54 Å². The number of piperidine rings is 1. The van der Waals surface area contributed by atoms with Crippen molar-refractivity contribution in [3.8, 4) is 0 Å². The van der Waals surface area contributed by atoms with E-state index in [9.17, 15) is 9.59 Å². The van der Waals surface area contributed by atoms with Crippen molar-refractivity contribution < 1.29 is 19.4 Å². The Balaban J connectivity index is 1.91. The number of carbonyl (C=O) groups excluding carboxylic acids is 1. The highest BCUT2D eigenvalue weighted by Gasteiger charge is 2.30. The smallest absolute Gasteiger partial charge is 0.410 e. The number of carboxylic acids is 1. The van der Waals surface area contributed by atoms with Crippen LogP contribution in [-0.4, -0.2) is 40.7 Å². The van der Waals surface area contributed by atoms with Crippen LogP contribution in [0.3, 0.4) is 0 Å². The number of benzene rings is 1. The van der Waals surface area contributed by atoms with Gasteiger partial charge in [0, 0.05) is 12.6 Å². The van der Waals surface area contributed by atoms with Gasteiger partial charge in [-0.3, -0.25) is 4.79 Å². The molecule has 22 heavy (non-hydrogen) atoms. The lowest BCUT2D eigenvalue weighted by Crippen LogP contribution is -2.47. The largest absolute Gasteiger partial charge is 0.480 e. The monoisotopic (exact) mass is 306 g/mol. The van der Waals surface area contributed by atoms with Gasteiger partial charge in [0.2, 0.25) is 0 Å². The van der Waals surface area contributed by atoms with E-state index in [0.717, 1.165) is 24.8 Å². The van der Waals surface area contributed by atoms with Crippen LogP contribution in [-0.2, 0) is 16.1 Å². The molecule has 1 heterocycles. The Morgan fingerprint density at radius 2 is 2.05 bits per heavy atom. The highest BCUT2D eigenvalue weighted by molar-refractivity contribution is 5.73. The number of carbonyl (C=O) groups is 2. The maximum Gasteiger partial charge on any atom is 0.410 e. The molecule has 120 valence electrons. The second-order valence-electron chi connectivity index (χ2n) is 5.56. The zero-order valence-electron chi connectivity index (χ0n) is 12.5. The topological polar surface area (TPSA) is 92.9 Å². The van der Waals surface area contributed by atoms with Gasteiger partial charge in [-0.15, -0.1) is 0 Å². The molecule has 0 saturated carbocycles. The van der Waals surface area contributed by atoms with Crippen LogP contribution in [0.25, 0.3) is 0 Å². The van der Waals surface area contributed by atoms with Crippen molar-refractivity contribution in [1.29, 1.82) is 0 Å². The molecule has 3 N–H and O–H groups in total. The predicted molar refractivity (Wildman–Crippen MR) is 81.2 cm³/mol. The van der Waals surface area contributed by atoms with E-state index < -0.39 is 18.1 Å². The molecule has 0 aromatic heterocycles. The molecule has 2 unspecified atom stereocenters. The molecule has 0 radical (unpaired) electrons. The first kappa shape index (κ1) is 16.3. The van der Waals surface area contributed by atoms with E-state index in [1.807, 2.05) is 30.3 Å². The Morgan fingerprint density at radius 3 is 2.73 bits per heavy atom. The SMILES string of the molecule is NC(CC1CCCCN1C(=O)OCc1ccccc1)C(=O)O. The number of hydrogen-bond acceptors (Lipinski definition) is 4. The molecule has 0 aliphatic carbocycles. The summed E-state index contributed by atoms with van der Waals surface area (Å²) in [5, 5.41) is 8.93. The lowest BCUT2D eigenvalue weighted by molar-refractivity contribution is -0.139. The van der Waals surface area contributed by atoms with Crippen LogP contribution in [0.15, 0.2) is 30.3 Å². The number of hydrogen-bond donors (Lipinski definition) is 2. The van der Waals surface area contributed by atoms with Crippen LogP contribution >= 0.6 is 0 Å². The summed E-state index contributed by atoms with van der Waals surface area (Å²) >= 11 is 0. The summed E-state index contributed by atoms with van der Waals surface area (Å²) in [7, 11) is 0. The van der Waals surface area contributed by atoms with E-state index in [1.165, 1.54) is 0 Å². The maximum absolute atomic E-state index is 12.2. The van der Waals surface area contributed by atoms with Gasteiger partial charge < -0.3 is 20.5 Å². The normalized spacial score (nSPS) is 19.5. The van der Waals surface area contributed by atoms with E-state index in [4.69, 9.17) is 15.6 Å². The molecule has 1 saturated heterocycles. The summed E-state index contributed by atoms with van der Waals surface area (Å²) < 4.78 is 5.34. The third-order valence-corrected chi connectivity index (χ3v) is 3.91. The summed E-state index contributed by atoms with van der Waals surface area (Å²) in [6.45, 7) is 0.804. The molecule has 1 aromatic rings. The second kappa shape index (κ2) is 7.79. The van der Waals surface area contributed by atoms with E-state index in [1.54, 1.807) is 4.90 Å². The fourth-order valence-electron chi connectivity index (χ4n) is 2.68. The molecule has 1 amide bonds. The van der Waals surface area contributed by atoms with Crippen LogP contribution in [0, 0.1) is 0 Å². The van der Waals surface area contributed by atoms with Gasteiger partial charge in [-0.25, -0.2) is 4.79 Å². The van der Waals surface area contributed by atoms with Crippen molar-refractivity contribution in [2.24, 2.45) is 5.73 Å². The molecular formula is C16H22N2O4. The van der Waals surface area contributed by atoms with Crippen molar-refractivity contribution in [3.05, 3.63) is 35.9 Å². The van der Waals surface area contributed by atoms with Gasteiger partial charge in [-0.2, -0.15) is 0 Å². The highest BCUT2D eigenvalue weighted by atomic mass is 16.6. The number of likely N-dealkylation sites (tertiary alicyclic amines) is 1. The van der Waals surface area contributed by atoms with Gasteiger partial charge in [0.05, 0.1) is 0 Å². The second-order valence-corrected chi connectivity index (χ2v) is 5.56. The average molecular weight is 306 g/mol. The summed E-state index contributed by atoms with van der Waals surface area (Å²) in [5.74, 6) is -1.04.